The molecule has 1 atom stereocenters. The molecule has 0 amide bonds. The van der Waals surface area contributed by atoms with Gasteiger partial charge in [-0.1, -0.05) is 12.1 Å². The highest BCUT2D eigenvalue weighted by molar-refractivity contribution is 5.70. The summed E-state index contributed by atoms with van der Waals surface area (Å²) in [5.41, 5.74) is 1.01. The van der Waals surface area contributed by atoms with Crippen LogP contribution in [0.5, 0.6) is 5.75 Å². The largest absolute Gasteiger partial charge is 0.491 e. The van der Waals surface area contributed by atoms with Gasteiger partial charge in [0.15, 0.2) is 0 Å². The molecule has 0 heterocycles. The molecular weight excluding hydrogens is 230 g/mol. The maximum atomic E-state index is 11.3. The Hall–Kier alpha value is -1.55. The van der Waals surface area contributed by atoms with Crippen LogP contribution in [0.15, 0.2) is 24.3 Å². The second kappa shape index (κ2) is 7.01. The van der Waals surface area contributed by atoms with Gasteiger partial charge < -0.3 is 14.8 Å². The summed E-state index contributed by atoms with van der Waals surface area (Å²) in [6.07, 6.45) is 0.437. The zero-order chi connectivity index (χ0) is 13.5. The van der Waals surface area contributed by atoms with Crippen LogP contribution in [0.2, 0.25) is 0 Å². The second-order valence-electron chi connectivity index (χ2n) is 4.36. The number of rotatable bonds is 6. The van der Waals surface area contributed by atoms with Crippen molar-refractivity contribution in [3.8, 4) is 5.75 Å². The van der Waals surface area contributed by atoms with Crippen LogP contribution in [0.4, 0.5) is 0 Å². The first-order valence-corrected chi connectivity index (χ1v) is 6.07. The van der Waals surface area contributed by atoms with Crippen molar-refractivity contribution in [3.63, 3.8) is 0 Å². The van der Waals surface area contributed by atoms with Gasteiger partial charge in [0.05, 0.1) is 19.6 Å². The number of hydrogen-bond acceptors (Lipinski definition) is 4. The Balaban J connectivity index is 2.82. The molecule has 4 nitrogen and oxygen atoms in total. The number of carbonyl (C=O) groups excluding carboxylic acids is 1. The van der Waals surface area contributed by atoms with Crippen molar-refractivity contribution >= 4 is 5.97 Å². The molecule has 18 heavy (non-hydrogen) atoms. The number of nitrogens with one attached hydrogen (secondary N) is 1. The lowest BCUT2D eigenvalue weighted by atomic mass is 10.0. The maximum Gasteiger partial charge on any atom is 0.307 e. The number of ether oxygens (including phenoxy) is 2. The van der Waals surface area contributed by atoms with Crippen LogP contribution in [0.3, 0.4) is 0 Å². The quantitative estimate of drug-likeness (QED) is 0.788. The minimum atomic E-state index is -0.232. The highest BCUT2D eigenvalue weighted by Crippen LogP contribution is 2.22. The fourth-order valence-corrected chi connectivity index (χ4v) is 1.71. The summed E-state index contributed by atoms with van der Waals surface area (Å²) in [6, 6.07) is 7.69. The van der Waals surface area contributed by atoms with Crippen LogP contribution in [0.25, 0.3) is 0 Å². The van der Waals surface area contributed by atoms with E-state index in [1.54, 1.807) is 0 Å². The van der Waals surface area contributed by atoms with Crippen molar-refractivity contribution in [1.82, 2.24) is 5.32 Å². The van der Waals surface area contributed by atoms with Crippen LogP contribution in [-0.2, 0) is 9.53 Å². The SMILES string of the molecule is CNC(CC(=O)OC)c1cccc(OC(C)C)c1. The average Bonchev–Trinajstić information content (AvgIpc) is 2.35. The summed E-state index contributed by atoms with van der Waals surface area (Å²) in [6.45, 7) is 3.97. The predicted octanol–water partition coefficient (Wildman–Crippen LogP) is 2.30. The van der Waals surface area contributed by atoms with Gasteiger partial charge in [-0.05, 0) is 38.6 Å². The molecule has 4 heteroatoms. The Morgan fingerprint density at radius 1 is 1.39 bits per heavy atom. The summed E-state index contributed by atoms with van der Waals surface area (Å²) >= 11 is 0. The molecule has 1 N–H and O–H groups in total. The molecule has 0 saturated heterocycles. The summed E-state index contributed by atoms with van der Waals surface area (Å²) in [5.74, 6) is 0.581. The predicted molar refractivity (Wildman–Crippen MR) is 70.6 cm³/mol. The van der Waals surface area contributed by atoms with E-state index in [0.29, 0.717) is 6.42 Å². The topological polar surface area (TPSA) is 47.6 Å². The smallest absolute Gasteiger partial charge is 0.307 e. The third-order valence-corrected chi connectivity index (χ3v) is 2.58. The van der Waals surface area contributed by atoms with Gasteiger partial charge >= 0.3 is 5.97 Å². The van der Waals surface area contributed by atoms with Gasteiger partial charge in [-0.3, -0.25) is 4.79 Å². The van der Waals surface area contributed by atoms with Crippen LogP contribution in [0.1, 0.15) is 31.9 Å². The Kier molecular flexibility index (Phi) is 5.65. The highest BCUT2D eigenvalue weighted by Gasteiger charge is 2.15. The number of benzene rings is 1. The van der Waals surface area contributed by atoms with E-state index < -0.39 is 0 Å². The molecule has 0 aliphatic rings. The minimum Gasteiger partial charge on any atom is -0.491 e. The summed E-state index contributed by atoms with van der Waals surface area (Å²) in [7, 11) is 3.22. The van der Waals surface area contributed by atoms with Crippen molar-refractivity contribution in [2.24, 2.45) is 0 Å². The summed E-state index contributed by atoms with van der Waals surface area (Å²) in [5, 5.41) is 3.11. The van der Waals surface area contributed by atoms with Gasteiger partial charge in [0.2, 0.25) is 0 Å². The fourth-order valence-electron chi connectivity index (χ4n) is 1.71. The average molecular weight is 251 g/mol. The zero-order valence-electron chi connectivity index (χ0n) is 11.4. The molecule has 0 spiro atoms. The van der Waals surface area contributed by atoms with Gasteiger partial charge in [0.25, 0.3) is 0 Å². The lowest BCUT2D eigenvalue weighted by molar-refractivity contribution is -0.141. The van der Waals surface area contributed by atoms with Crippen molar-refractivity contribution in [2.75, 3.05) is 14.2 Å². The van der Waals surface area contributed by atoms with E-state index in [2.05, 4.69) is 10.1 Å². The maximum absolute atomic E-state index is 11.3. The Morgan fingerprint density at radius 2 is 2.11 bits per heavy atom. The normalized spacial score (nSPS) is 12.3. The molecule has 0 aliphatic carbocycles. The Labute approximate surface area is 108 Å². The second-order valence-corrected chi connectivity index (χ2v) is 4.36. The summed E-state index contributed by atoms with van der Waals surface area (Å²) in [4.78, 5) is 11.3. The lowest BCUT2D eigenvalue weighted by Gasteiger charge is -2.17. The molecule has 1 rings (SSSR count). The van der Waals surface area contributed by atoms with E-state index in [9.17, 15) is 4.79 Å². The van der Waals surface area contributed by atoms with Crippen LogP contribution < -0.4 is 10.1 Å². The first-order valence-electron chi connectivity index (χ1n) is 6.07. The number of esters is 1. The number of methoxy groups -OCH3 is 1. The van der Waals surface area contributed by atoms with E-state index in [-0.39, 0.29) is 18.1 Å². The first-order chi connectivity index (χ1) is 8.56. The molecule has 1 aromatic carbocycles. The monoisotopic (exact) mass is 251 g/mol. The van der Waals surface area contributed by atoms with E-state index in [4.69, 9.17) is 4.74 Å². The zero-order valence-corrected chi connectivity index (χ0v) is 11.4. The molecule has 0 bridgehead atoms. The molecule has 1 aromatic rings. The number of carbonyl (C=O) groups is 1. The van der Waals surface area contributed by atoms with Crippen molar-refractivity contribution in [2.45, 2.75) is 32.4 Å². The molecule has 0 radical (unpaired) electrons. The summed E-state index contributed by atoms with van der Waals surface area (Å²) < 4.78 is 10.3. The fraction of sp³-hybridized carbons (Fsp3) is 0.500. The molecule has 0 fully saturated rings. The van der Waals surface area contributed by atoms with Crippen molar-refractivity contribution < 1.29 is 14.3 Å². The van der Waals surface area contributed by atoms with Crippen molar-refractivity contribution in [3.05, 3.63) is 29.8 Å². The van der Waals surface area contributed by atoms with E-state index in [0.717, 1.165) is 11.3 Å². The third kappa shape index (κ3) is 4.37. The van der Waals surface area contributed by atoms with Crippen LogP contribution >= 0.6 is 0 Å². The van der Waals surface area contributed by atoms with Crippen LogP contribution in [0, 0.1) is 0 Å². The van der Waals surface area contributed by atoms with Crippen LogP contribution in [-0.4, -0.2) is 26.2 Å². The Morgan fingerprint density at radius 3 is 2.67 bits per heavy atom. The lowest BCUT2D eigenvalue weighted by Crippen LogP contribution is -2.20. The van der Waals surface area contributed by atoms with E-state index >= 15 is 0 Å². The van der Waals surface area contributed by atoms with Gasteiger partial charge in [-0.25, -0.2) is 0 Å². The van der Waals surface area contributed by atoms with Gasteiger partial charge in [-0.15, -0.1) is 0 Å². The first kappa shape index (κ1) is 14.5. The molecule has 0 aliphatic heterocycles. The molecule has 1 unspecified atom stereocenters. The standard InChI is InChI=1S/C14H21NO3/c1-10(2)18-12-7-5-6-11(8-12)13(15-3)9-14(16)17-4/h5-8,10,13,15H,9H2,1-4H3. The number of hydrogen-bond donors (Lipinski definition) is 1. The van der Waals surface area contributed by atoms with Gasteiger partial charge in [0, 0.05) is 6.04 Å². The van der Waals surface area contributed by atoms with E-state index in [1.807, 2.05) is 45.2 Å². The molecule has 0 saturated carbocycles. The minimum absolute atomic E-state index is 0.0619. The third-order valence-electron chi connectivity index (χ3n) is 2.58. The highest BCUT2D eigenvalue weighted by atomic mass is 16.5. The molecule has 0 aromatic heterocycles. The molecular formula is C14H21NO3. The van der Waals surface area contributed by atoms with Gasteiger partial charge in [-0.2, -0.15) is 0 Å². The van der Waals surface area contributed by atoms with Crippen molar-refractivity contribution in [1.29, 1.82) is 0 Å². The van der Waals surface area contributed by atoms with E-state index in [1.165, 1.54) is 7.11 Å². The molecule has 100 valence electrons. The Bertz CT molecular complexity index is 390. The van der Waals surface area contributed by atoms with Gasteiger partial charge in [0.1, 0.15) is 5.75 Å².